The Bertz CT molecular complexity index is 1620. The first-order valence-electron chi connectivity index (χ1n) is 14.3. The van der Waals surface area contributed by atoms with Gasteiger partial charge in [-0.25, -0.2) is 14.5 Å². The molecule has 0 radical (unpaired) electrons. The van der Waals surface area contributed by atoms with E-state index >= 15 is 0 Å². The van der Waals surface area contributed by atoms with Crippen molar-refractivity contribution < 1.29 is 9.53 Å². The van der Waals surface area contributed by atoms with Gasteiger partial charge in [0, 0.05) is 48.7 Å². The van der Waals surface area contributed by atoms with Crippen LogP contribution in [0.15, 0.2) is 55.1 Å². The number of likely N-dealkylation sites (tertiary alicyclic amines) is 1. The Balaban J connectivity index is 1.15. The van der Waals surface area contributed by atoms with Crippen molar-refractivity contribution in [2.24, 2.45) is 0 Å². The number of nitriles is 1. The van der Waals surface area contributed by atoms with Gasteiger partial charge in [-0.05, 0) is 76.0 Å². The number of carbonyl (C=O) groups is 1. The van der Waals surface area contributed by atoms with Crippen LogP contribution in [0.2, 0.25) is 5.02 Å². The van der Waals surface area contributed by atoms with Gasteiger partial charge in [0.2, 0.25) is 0 Å². The van der Waals surface area contributed by atoms with Crippen LogP contribution in [0.4, 0.5) is 5.82 Å². The molecule has 6 heterocycles. The second-order valence-electron chi connectivity index (χ2n) is 11.2. The van der Waals surface area contributed by atoms with Crippen molar-refractivity contribution >= 4 is 28.8 Å². The molecule has 0 bridgehead atoms. The SMILES string of the molecule is CC1(NC(=O)c2ncccc2Cl)CCN(c2ccc(-c3cc(OCCN4CCCC4)cn4ncc(C#N)c34)cn2)CC1. The fraction of sp³-hybridized carbons (Fsp3) is 0.387. The van der Waals surface area contributed by atoms with E-state index in [0.717, 1.165) is 68.0 Å². The molecule has 216 valence electrons. The Kier molecular flexibility index (Phi) is 7.96. The summed E-state index contributed by atoms with van der Waals surface area (Å²) in [5.74, 6) is 1.31. The molecular weight excluding hydrogens is 552 g/mol. The summed E-state index contributed by atoms with van der Waals surface area (Å²) in [6.45, 7) is 7.27. The predicted octanol–water partition coefficient (Wildman–Crippen LogP) is 4.58. The summed E-state index contributed by atoms with van der Waals surface area (Å²) in [5, 5.41) is 17.6. The number of amides is 1. The lowest BCUT2D eigenvalue weighted by Crippen LogP contribution is -2.53. The van der Waals surface area contributed by atoms with Crippen LogP contribution < -0.4 is 15.0 Å². The molecule has 4 aromatic rings. The molecule has 11 heteroatoms. The lowest BCUT2D eigenvalue weighted by atomic mass is 9.89. The zero-order valence-corrected chi connectivity index (χ0v) is 24.3. The molecule has 0 unspecified atom stereocenters. The van der Waals surface area contributed by atoms with E-state index in [-0.39, 0.29) is 17.1 Å². The summed E-state index contributed by atoms with van der Waals surface area (Å²) >= 11 is 6.17. The molecule has 42 heavy (non-hydrogen) atoms. The van der Waals surface area contributed by atoms with Crippen molar-refractivity contribution in [1.82, 2.24) is 29.8 Å². The van der Waals surface area contributed by atoms with E-state index in [4.69, 9.17) is 21.3 Å². The molecule has 0 aliphatic carbocycles. The Morgan fingerprint density at radius 2 is 1.95 bits per heavy atom. The van der Waals surface area contributed by atoms with Crippen molar-refractivity contribution in [2.75, 3.05) is 44.2 Å². The standard InChI is InChI=1S/C31H33ClN8O2/c1-31(37-30(41)28-26(32)5-4-10-34-28)8-13-39(14-9-31)27-7-6-22(19-35-27)25-17-24(42-16-15-38-11-2-3-12-38)21-40-29(25)23(18-33)20-36-40/h4-7,10,17,19-21H,2-3,8-9,11-16H2,1H3,(H,37,41). The van der Waals surface area contributed by atoms with Gasteiger partial charge in [0.05, 0.1) is 28.5 Å². The third-order valence-corrected chi connectivity index (χ3v) is 8.53. The number of piperidine rings is 1. The molecule has 4 aromatic heterocycles. The normalized spacial score (nSPS) is 16.8. The van der Waals surface area contributed by atoms with Crippen molar-refractivity contribution in [3.63, 3.8) is 0 Å². The summed E-state index contributed by atoms with van der Waals surface area (Å²) in [7, 11) is 0. The minimum atomic E-state index is -0.370. The second kappa shape index (κ2) is 12.0. The number of hydrogen-bond donors (Lipinski definition) is 1. The monoisotopic (exact) mass is 584 g/mol. The first kappa shape index (κ1) is 27.9. The number of rotatable bonds is 8. The van der Waals surface area contributed by atoms with Gasteiger partial charge in [0.25, 0.3) is 5.91 Å². The maximum atomic E-state index is 12.8. The minimum Gasteiger partial charge on any atom is -0.491 e. The first-order valence-corrected chi connectivity index (χ1v) is 14.7. The zero-order chi connectivity index (χ0) is 29.1. The van der Waals surface area contributed by atoms with Gasteiger partial charge in [0.1, 0.15) is 29.9 Å². The highest BCUT2D eigenvalue weighted by atomic mass is 35.5. The van der Waals surface area contributed by atoms with E-state index in [0.29, 0.717) is 22.9 Å². The maximum absolute atomic E-state index is 12.8. The van der Waals surface area contributed by atoms with Crippen LogP contribution in [0.3, 0.4) is 0 Å². The molecule has 6 rings (SSSR count). The van der Waals surface area contributed by atoms with Gasteiger partial charge in [-0.2, -0.15) is 10.4 Å². The van der Waals surface area contributed by atoms with E-state index in [2.05, 4.69) is 38.2 Å². The molecule has 0 aromatic carbocycles. The maximum Gasteiger partial charge on any atom is 0.271 e. The summed E-state index contributed by atoms with van der Waals surface area (Å²) < 4.78 is 7.84. The van der Waals surface area contributed by atoms with Crippen LogP contribution >= 0.6 is 11.6 Å². The Hall–Kier alpha value is -4.20. The molecule has 2 aliphatic rings. The number of halogens is 1. The van der Waals surface area contributed by atoms with E-state index in [1.165, 1.54) is 12.8 Å². The lowest BCUT2D eigenvalue weighted by molar-refractivity contribution is 0.0886. The lowest BCUT2D eigenvalue weighted by Gasteiger charge is -2.40. The van der Waals surface area contributed by atoms with Crippen LogP contribution in [0.25, 0.3) is 16.6 Å². The number of nitrogens with zero attached hydrogens (tertiary/aromatic N) is 7. The molecule has 1 amide bonds. The van der Waals surface area contributed by atoms with Crippen molar-refractivity contribution in [1.29, 1.82) is 5.26 Å². The number of hydrogen-bond acceptors (Lipinski definition) is 8. The highest BCUT2D eigenvalue weighted by molar-refractivity contribution is 6.33. The molecular formula is C31H33ClN8O2. The van der Waals surface area contributed by atoms with Crippen LogP contribution in [0.1, 0.15) is 48.7 Å². The number of anilines is 1. The van der Waals surface area contributed by atoms with Crippen molar-refractivity contribution in [3.8, 4) is 22.9 Å². The fourth-order valence-electron chi connectivity index (χ4n) is 5.75. The summed E-state index contributed by atoms with van der Waals surface area (Å²) in [5.41, 5.74) is 2.84. The highest BCUT2D eigenvalue weighted by Crippen LogP contribution is 2.32. The van der Waals surface area contributed by atoms with Crippen LogP contribution in [-0.2, 0) is 0 Å². The smallest absolute Gasteiger partial charge is 0.271 e. The van der Waals surface area contributed by atoms with Gasteiger partial charge in [-0.1, -0.05) is 11.6 Å². The van der Waals surface area contributed by atoms with Gasteiger partial charge >= 0.3 is 0 Å². The van der Waals surface area contributed by atoms with Crippen molar-refractivity contribution in [3.05, 3.63) is 71.4 Å². The topological polar surface area (TPSA) is 112 Å². The highest BCUT2D eigenvalue weighted by Gasteiger charge is 2.33. The Morgan fingerprint density at radius 3 is 2.67 bits per heavy atom. The molecule has 0 spiro atoms. The Labute approximate surface area is 249 Å². The number of ether oxygens (including phenoxy) is 1. The minimum absolute atomic E-state index is 0.244. The molecule has 1 N–H and O–H groups in total. The second-order valence-corrected chi connectivity index (χ2v) is 11.6. The Morgan fingerprint density at radius 1 is 1.14 bits per heavy atom. The average Bonchev–Trinajstić information content (AvgIpc) is 3.67. The molecule has 2 saturated heterocycles. The largest absolute Gasteiger partial charge is 0.491 e. The first-order chi connectivity index (χ1) is 20.4. The zero-order valence-electron chi connectivity index (χ0n) is 23.6. The van der Waals surface area contributed by atoms with Crippen LogP contribution in [0, 0.1) is 11.3 Å². The third kappa shape index (κ3) is 5.89. The van der Waals surface area contributed by atoms with E-state index in [9.17, 15) is 10.1 Å². The third-order valence-electron chi connectivity index (χ3n) is 8.22. The fourth-order valence-corrected chi connectivity index (χ4v) is 5.96. The summed E-state index contributed by atoms with van der Waals surface area (Å²) in [6.07, 6.45) is 10.8. The number of aromatic nitrogens is 4. The molecule has 2 fully saturated rings. The number of nitrogens with one attached hydrogen (secondary N) is 1. The molecule has 10 nitrogen and oxygen atoms in total. The van der Waals surface area contributed by atoms with Crippen LogP contribution in [0.5, 0.6) is 5.75 Å². The number of pyridine rings is 3. The number of fused-ring (bicyclic) bond motifs is 1. The molecule has 0 atom stereocenters. The van der Waals surface area contributed by atoms with Gasteiger partial charge < -0.3 is 15.0 Å². The average molecular weight is 585 g/mol. The van der Waals surface area contributed by atoms with Gasteiger partial charge in [-0.15, -0.1) is 0 Å². The number of carbonyl (C=O) groups excluding carboxylic acids is 1. The van der Waals surface area contributed by atoms with Crippen LogP contribution in [-0.4, -0.2) is 75.3 Å². The van der Waals surface area contributed by atoms with Gasteiger partial charge in [0.15, 0.2) is 0 Å². The van der Waals surface area contributed by atoms with E-state index in [1.807, 2.05) is 30.6 Å². The van der Waals surface area contributed by atoms with E-state index < -0.39 is 0 Å². The van der Waals surface area contributed by atoms with Crippen molar-refractivity contribution in [2.45, 2.75) is 38.1 Å². The van der Waals surface area contributed by atoms with Gasteiger partial charge in [-0.3, -0.25) is 9.69 Å². The predicted molar refractivity (Wildman–Crippen MR) is 161 cm³/mol. The molecule has 0 saturated carbocycles. The van der Waals surface area contributed by atoms with E-state index in [1.54, 1.807) is 29.0 Å². The molecule has 2 aliphatic heterocycles. The quantitative estimate of drug-likeness (QED) is 0.320. The summed E-state index contributed by atoms with van der Waals surface area (Å²) in [6, 6.07) is 11.6. The summed E-state index contributed by atoms with van der Waals surface area (Å²) in [4.78, 5) is 26.4.